The lowest BCUT2D eigenvalue weighted by Crippen LogP contribution is -2.55. The lowest BCUT2D eigenvalue weighted by molar-refractivity contribution is -0.0606. The number of rotatable bonds is 7. The van der Waals surface area contributed by atoms with E-state index in [0.717, 1.165) is 26.2 Å². The smallest absolute Gasteiger partial charge is 0.0891 e. The predicted octanol–water partition coefficient (Wildman–Crippen LogP) is -0.0344. The molecule has 1 saturated heterocycles. The molecule has 1 heterocycles. The number of hydrazine groups is 1. The molecular formula is C11H25N3O2. The van der Waals surface area contributed by atoms with Gasteiger partial charge < -0.3 is 9.47 Å². The summed E-state index contributed by atoms with van der Waals surface area (Å²) < 4.78 is 11.1. The molecular weight excluding hydrogens is 206 g/mol. The van der Waals surface area contributed by atoms with Crippen molar-refractivity contribution in [1.82, 2.24) is 10.3 Å². The highest BCUT2D eigenvalue weighted by Gasteiger charge is 2.27. The number of nitrogens with zero attached hydrogens (tertiary/aromatic N) is 1. The van der Waals surface area contributed by atoms with Gasteiger partial charge in [-0.3, -0.25) is 16.2 Å². The molecule has 3 N–H and O–H groups in total. The largest absolute Gasteiger partial charge is 0.380 e. The second-order valence-corrected chi connectivity index (χ2v) is 4.14. The number of nitrogens with two attached hydrogens (primary N) is 1. The summed E-state index contributed by atoms with van der Waals surface area (Å²) in [6, 6.07) is 0.0830. The first-order valence-electron chi connectivity index (χ1n) is 6.19. The minimum atomic E-state index is 0.0830. The van der Waals surface area contributed by atoms with Crippen LogP contribution in [-0.2, 0) is 9.47 Å². The molecule has 1 rings (SSSR count). The van der Waals surface area contributed by atoms with Gasteiger partial charge in [-0.05, 0) is 19.9 Å². The molecule has 0 amide bonds. The Morgan fingerprint density at radius 3 is 3.00 bits per heavy atom. The van der Waals surface area contributed by atoms with Gasteiger partial charge in [-0.1, -0.05) is 6.92 Å². The average Bonchev–Trinajstić information content (AvgIpc) is 2.31. The second kappa shape index (κ2) is 7.97. The zero-order valence-electron chi connectivity index (χ0n) is 10.4. The maximum Gasteiger partial charge on any atom is 0.0891 e. The van der Waals surface area contributed by atoms with Crippen LogP contribution in [0.25, 0.3) is 0 Å². The van der Waals surface area contributed by atoms with Crippen LogP contribution in [0.4, 0.5) is 0 Å². The van der Waals surface area contributed by atoms with Gasteiger partial charge in [0.15, 0.2) is 0 Å². The molecule has 2 atom stereocenters. The molecule has 5 heteroatoms. The molecule has 1 fully saturated rings. The van der Waals surface area contributed by atoms with Crippen LogP contribution in [0.1, 0.15) is 20.3 Å². The van der Waals surface area contributed by atoms with E-state index in [0.29, 0.717) is 13.2 Å². The summed E-state index contributed by atoms with van der Waals surface area (Å²) in [5.41, 5.74) is 2.79. The van der Waals surface area contributed by atoms with Crippen LogP contribution < -0.4 is 11.3 Å². The maximum atomic E-state index is 5.74. The molecule has 0 radical (unpaired) electrons. The summed E-state index contributed by atoms with van der Waals surface area (Å²) in [6.45, 7) is 9.38. The van der Waals surface area contributed by atoms with Gasteiger partial charge in [-0.25, -0.2) is 0 Å². The van der Waals surface area contributed by atoms with E-state index in [2.05, 4.69) is 17.2 Å². The van der Waals surface area contributed by atoms with Gasteiger partial charge in [0.05, 0.1) is 25.4 Å². The van der Waals surface area contributed by atoms with Gasteiger partial charge in [-0.2, -0.15) is 0 Å². The van der Waals surface area contributed by atoms with Crippen LogP contribution in [0.2, 0.25) is 0 Å². The van der Waals surface area contributed by atoms with Crippen molar-refractivity contribution in [3.8, 4) is 0 Å². The predicted molar refractivity (Wildman–Crippen MR) is 64.1 cm³/mol. The van der Waals surface area contributed by atoms with Crippen molar-refractivity contribution in [1.29, 1.82) is 0 Å². The van der Waals surface area contributed by atoms with E-state index in [-0.39, 0.29) is 12.1 Å². The minimum Gasteiger partial charge on any atom is -0.380 e. The Kier molecular flexibility index (Phi) is 6.91. The van der Waals surface area contributed by atoms with Gasteiger partial charge in [0.1, 0.15) is 0 Å². The first kappa shape index (κ1) is 13.9. The van der Waals surface area contributed by atoms with E-state index in [1.165, 1.54) is 6.42 Å². The fourth-order valence-corrected chi connectivity index (χ4v) is 2.00. The van der Waals surface area contributed by atoms with E-state index < -0.39 is 0 Å². The molecule has 0 aromatic heterocycles. The van der Waals surface area contributed by atoms with Gasteiger partial charge in [0.2, 0.25) is 0 Å². The van der Waals surface area contributed by atoms with Crippen molar-refractivity contribution < 1.29 is 9.47 Å². The van der Waals surface area contributed by atoms with Crippen molar-refractivity contribution in [2.24, 2.45) is 5.84 Å². The Labute approximate surface area is 98.2 Å². The van der Waals surface area contributed by atoms with Crippen LogP contribution in [0.3, 0.4) is 0 Å². The fourth-order valence-electron chi connectivity index (χ4n) is 2.00. The van der Waals surface area contributed by atoms with E-state index in [1.807, 2.05) is 6.92 Å². The van der Waals surface area contributed by atoms with Crippen molar-refractivity contribution in [2.75, 3.05) is 39.5 Å². The van der Waals surface area contributed by atoms with Gasteiger partial charge in [-0.15, -0.1) is 0 Å². The normalized spacial score (nSPS) is 24.6. The second-order valence-electron chi connectivity index (χ2n) is 4.14. The quantitative estimate of drug-likeness (QED) is 0.476. The zero-order valence-corrected chi connectivity index (χ0v) is 10.4. The number of morpholine rings is 1. The molecule has 0 aromatic carbocycles. The highest BCUT2D eigenvalue weighted by atomic mass is 16.5. The Bertz CT molecular complexity index is 179. The zero-order chi connectivity index (χ0) is 11.8. The molecule has 96 valence electrons. The number of hydrogen-bond donors (Lipinski definition) is 2. The van der Waals surface area contributed by atoms with E-state index in [1.54, 1.807) is 0 Å². The summed E-state index contributed by atoms with van der Waals surface area (Å²) in [4.78, 5) is 2.42. The number of ether oxygens (including phenoxy) is 2. The molecule has 0 spiro atoms. The van der Waals surface area contributed by atoms with Crippen molar-refractivity contribution in [3.63, 3.8) is 0 Å². The molecule has 0 aliphatic carbocycles. The van der Waals surface area contributed by atoms with Crippen LogP contribution in [-0.4, -0.2) is 56.5 Å². The molecule has 16 heavy (non-hydrogen) atoms. The summed E-state index contributed by atoms with van der Waals surface area (Å²) in [5, 5.41) is 0. The van der Waals surface area contributed by atoms with Gasteiger partial charge >= 0.3 is 0 Å². The Balaban J connectivity index is 2.37. The lowest BCUT2D eigenvalue weighted by Gasteiger charge is -2.36. The number of hydrogen-bond acceptors (Lipinski definition) is 5. The van der Waals surface area contributed by atoms with E-state index in [4.69, 9.17) is 15.3 Å². The number of nitrogens with one attached hydrogen (secondary N) is 1. The maximum absolute atomic E-state index is 5.74. The summed E-state index contributed by atoms with van der Waals surface area (Å²) in [7, 11) is 0. The van der Waals surface area contributed by atoms with Gasteiger partial charge in [0, 0.05) is 19.7 Å². The molecule has 0 saturated carbocycles. The van der Waals surface area contributed by atoms with E-state index in [9.17, 15) is 0 Å². The fraction of sp³-hybridized carbons (Fsp3) is 1.00. The van der Waals surface area contributed by atoms with Crippen LogP contribution >= 0.6 is 0 Å². The standard InChI is InChI=1S/C11H25N3O2/c1-3-5-14-6-7-16-11(8-14)10(13-12)9-15-4-2/h10-11,13H,3-9,12H2,1-2H3. The molecule has 0 aromatic rings. The van der Waals surface area contributed by atoms with Crippen molar-refractivity contribution in [3.05, 3.63) is 0 Å². The Morgan fingerprint density at radius 2 is 2.38 bits per heavy atom. The van der Waals surface area contributed by atoms with Crippen LogP contribution in [0, 0.1) is 0 Å². The summed E-state index contributed by atoms with van der Waals surface area (Å²) >= 11 is 0. The van der Waals surface area contributed by atoms with E-state index >= 15 is 0 Å². The molecule has 1 aliphatic heterocycles. The summed E-state index contributed by atoms with van der Waals surface area (Å²) in [6.07, 6.45) is 1.32. The van der Waals surface area contributed by atoms with Crippen molar-refractivity contribution >= 4 is 0 Å². The van der Waals surface area contributed by atoms with Crippen molar-refractivity contribution in [2.45, 2.75) is 32.4 Å². The summed E-state index contributed by atoms with van der Waals surface area (Å²) in [5.74, 6) is 5.54. The third-order valence-corrected chi connectivity index (χ3v) is 2.88. The molecule has 1 aliphatic rings. The SMILES string of the molecule is CCCN1CCOC(C(COCC)NN)C1. The third-order valence-electron chi connectivity index (χ3n) is 2.88. The molecule has 2 unspecified atom stereocenters. The minimum absolute atomic E-state index is 0.0830. The Hall–Kier alpha value is -0.200. The Morgan fingerprint density at radius 1 is 1.56 bits per heavy atom. The average molecular weight is 231 g/mol. The highest BCUT2D eigenvalue weighted by Crippen LogP contribution is 2.09. The third kappa shape index (κ3) is 4.35. The van der Waals surface area contributed by atoms with Crippen LogP contribution in [0.15, 0.2) is 0 Å². The monoisotopic (exact) mass is 231 g/mol. The molecule has 5 nitrogen and oxygen atoms in total. The first-order chi connectivity index (χ1) is 7.81. The lowest BCUT2D eigenvalue weighted by atomic mass is 10.1. The van der Waals surface area contributed by atoms with Gasteiger partial charge in [0.25, 0.3) is 0 Å². The molecule has 0 bridgehead atoms. The first-order valence-corrected chi connectivity index (χ1v) is 6.19. The topological polar surface area (TPSA) is 59.8 Å². The highest BCUT2D eigenvalue weighted by molar-refractivity contribution is 4.81. The van der Waals surface area contributed by atoms with Crippen LogP contribution in [0.5, 0.6) is 0 Å².